The standard InChI is InChI=1S/C32H33FN8O4/c1-19-11-25(29(44-4)16-27(19)45-21-8-10-41-30(13-21)35-18-37-41)38-31-22-14-26(28(43-3)15-24(22)34-17-36-31)39-32(42)23(33)12-20-7-5-6-9-40(20)2/h8,10-18,20H,5-7,9H2,1-4H3,(H,39,42)(H,34,36,38). The van der Waals surface area contributed by atoms with Crippen LogP contribution in [0.5, 0.6) is 23.0 Å². The number of nitrogens with zero attached hydrogens (tertiary/aromatic N) is 6. The predicted octanol–water partition coefficient (Wildman–Crippen LogP) is 5.81. The topological polar surface area (TPSA) is 128 Å². The highest BCUT2D eigenvalue weighted by molar-refractivity contribution is 6.05. The number of carbonyl (C=O) groups excluding carboxylic acids is 1. The number of halogens is 1. The van der Waals surface area contributed by atoms with Crippen LogP contribution in [0.1, 0.15) is 24.8 Å². The van der Waals surface area contributed by atoms with Crippen molar-refractivity contribution in [3.8, 4) is 23.0 Å². The molecule has 0 spiro atoms. The average molecular weight is 613 g/mol. The molecule has 2 aromatic carbocycles. The van der Waals surface area contributed by atoms with E-state index in [1.807, 2.05) is 20.0 Å². The number of benzene rings is 2. The third-order valence-corrected chi connectivity index (χ3v) is 7.82. The van der Waals surface area contributed by atoms with Gasteiger partial charge in [0.15, 0.2) is 11.5 Å². The highest BCUT2D eigenvalue weighted by atomic mass is 19.1. The number of anilines is 3. The maximum atomic E-state index is 15.0. The maximum absolute atomic E-state index is 15.0. The minimum atomic E-state index is -0.853. The van der Waals surface area contributed by atoms with E-state index in [2.05, 4.69) is 35.6 Å². The molecule has 13 heteroatoms. The SMILES string of the molecule is COc1cc2ncnc(Nc3cc(C)c(Oc4ccn5ncnc5c4)cc3OC)c2cc1NC(=O)C(F)=CC1CCCCN1C. The number of amides is 1. The fraction of sp³-hybridized carbons (Fsp3) is 0.281. The van der Waals surface area contributed by atoms with E-state index < -0.39 is 11.7 Å². The van der Waals surface area contributed by atoms with Gasteiger partial charge in [-0.2, -0.15) is 5.10 Å². The molecular formula is C32H33FN8O4. The van der Waals surface area contributed by atoms with Crippen molar-refractivity contribution in [2.24, 2.45) is 0 Å². The predicted molar refractivity (Wildman–Crippen MR) is 168 cm³/mol. The van der Waals surface area contributed by atoms with E-state index in [4.69, 9.17) is 14.2 Å². The van der Waals surface area contributed by atoms with Gasteiger partial charge in [-0.3, -0.25) is 9.69 Å². The molecule has 6 rings (SSSR count). The molecule has 1 aliphatic heterocycles. The highest BCUT2D eigenvalue weighted by Crippen LogP contribution is 2.39. The normalized spacial score (nSPS) is 15.7. The van der Waals surface area contributed by atoms with Crippen molar-refractivity contribution < 1.29 is 23.4 Å². The van der Waals surface area contributed by atoms with Crippen LogP contribution in [0.25, 0.3) is 16.6 Å². The molecule has 0 radical (unpaired) electrons. The Morgan fingerprint density at radius 1 is 1.00 bits per heavy atom. The molecule has 0 saturated carbocycles. The van der Waals surface area contributed by atoms with Crippen molar-refractivity contribution in [2.45, 2.75) is 32.2 Å². The summed E-state index contributed by atoms with van der Waals surface area (Å²) in [5.74, 6) is 0.787. The number of likely N-dealkylation sites (N-methyl/N-ethyl adjacent to an activating group) is 1. The molecular weight excluding hydrogens is 579 g/mol. The monoisotopic (exact) mass is 612 g/mol. The zero-order chi connectivity index (χ0) is 31.5. The summed E-state index contributed by atoms with van der Waals surface area (Å²) in [5.41, 5.74) is 2.96. The summed E-state index contributed by atoms with van der Waals surface area (Å²) in [4.78, 5) is 28.0. The van der Waals surface area contributed by atoms with Gasteiger partial charge in [-0.15, -0.1) is 0 Å². The lowest BCUT2D eigenvalue weighted by Crippen LogP contribution is -2.35. The van der Waals surface area contributed by atoms with Gasteiger partial charge < -0.3 is 24.8 Å². The molecule has 4 heterocycles. The summed E-state index contributed by atoms with van der Waals surface area (Å²) in [6.45, 7) is 2.78. The molecule has 1 aliphatic rings. The molecule has 3 aromatic heterocycles. The lowest BCUT2D eigenvalue weighted by molar-refractivity contribution is -0.114. The first-order valence-electron chi connectivity index (χ1n) is 14.5. The van der Waals surface area contributed by atoms with Crippen LogP contribution < -0.4 is 24.8 Å². The molecule has 1 atom stereocenters. The van der Waals surface area contributed by atoms with Crippen LogP contribution in [-0.2, 0) is 4.79 Å². The van der Waals surface area contributed by atoms with Crippen molar-refractivity contribution in [1.82, 2.24) is 29.5 Å². The van der Waals surface area contributed by atoms with Crippen molar-refractivity contribution in [3.05, 3.63) is 72.7 Å². The maximum Gasteiger partial charge on any atom is 0.284 e. The van der Waals surface area contributed by atoms with E-state index in [9.17, 15) is 4.79 Å². The minimum absolute atomic E-state index is 0.125. The third-order valence-electron chi connectivity index (χ3n) is 7.82. The smallest absolute Gasteiger partial charge is 0.284 e. The number of likely N-dealkylation sites (tertiary alicyclic amines) is 1. The Kier molecular flexibility index (Phi) is 8.43. The van der Waals surface area contributed by atoms with E-state index >= 15 is 4.39 Å². The molecule has 0 bridgehead atoms. The first-order valence-corrected chi connectivity index (χ1v) is 14.5. The summed E-state index contributed by atoms with van der Waals surface area (Å²) >= 11 is 0. The lowest BCUT2D eigenvalue weighted by Gasteiger charge is -2.30. The Morgan fingerprint density at radius 2 is 1.82 bits per heavy atom. The van der Waals surface area contributed by atoms with E-state index in [-0.39, 0.29) is 11.7 Å². The van der Waals surface area contributed by atoms with Crippen LogP contribution >= 0.6 is 0 Å². The summed E-state index contributed by atoms with van der Waals surface area (Å²) in [5, 5.41) is 10.7. The fourth-order valence-electron chi connectivity index (χ4n) is 5.35. The fourth-order valence-corrected chi connectivity index (χ4v) is 5.35. The minimum Gasteiger partial charge on any atom is -0.494 e. The zero-order valence-electron chi connectivity index (χ0n) is 25.4. The first kappa shape index (κ1) is 29.8. The number of nitrogens with one attached hydrogen (secondary N) is 2. The van der Waals surface area contributed by atoms with Gasteiger partial charge in [0.05, 0.1) is 31.1 Å². The summed E-state index contributed by atoms with van der Waals surface area (Å²) in [6.07, 6.45) is 8.91. The van der Waals surface area contributed by atoms with Gasteiger partial charge in [0.25, 0.3) is 5.91 Å². The van der Waals surface area contributed by atoms with Gasteiger partial charge in [-0.1, -0.05) is 6.42 Å². The number of hydrogen-bond acceptors (Lipinski definition) is 10. The highest BCUT2D eigenvalue weighted by Gasteiger charge is 2.21. The second-order valence-corrected chi connectivity index (χ2v) is 10.8. The molecule has 1 fully saturated rings. The lowest BCUT2D eigenvalue weighted by atomic mass is 10.0. The Hall–Kier alpha value is -5.30. The van der Waals surface area contributed by atoms with Gasteiger partial charge in [0, 0.05) is 35.8 Å². The summed E-state index contributed by atoms with van der Waals surface area (Å²) in [7, 11) is 4.97. The van der Waals surface area contributed by atoms with Crippen LogP contribution in [-0.4, -0.2) is 69.2 Å². The van der Waals surface area contributed by atoms with Crippen LogP contribution in [0.2, 0.25) is 0 Å². The molecule has 1 amide bonds. The van der Waals surface area contributed by atoms with Crippen LogP contribution in [0, 0.1) is 6.92 Å². The van der Waals surface area contributed by atoms with Crippen LogP contribution in [0.15, 0.2) is 67.2 Å². The summed E-state index contributed by atoms with van der Waals surface area (Å²) in [6, 6.07) is 10.5. The molecule has 2 N–H and O–H groups in total. The second kappa shape index (κ2) is 12.7. The number of aromatic nitrogens is 5. The number of methoxy groups -OCH3 is 2. The largest absolute Gasteiger partial charge is 0.494 e. The molecule has 1 unspecified atom stereocenters. The molecule has 1 saturated heterocycles. The number of carbonyl (C=O) groups is 1. The number of rotatable bonds is 9. The number of ether oxygens (including phenoxy) is 3. The number of piperidine rings is 1. The molecule has 0 aliphatic carbocycles. The Balaban J connectivity index is 1.28. The summed E-state index contributed by atoms with van der Waals surface area (Å²) < 4.78 is 34.0. The Labute approximate surface area is 258 Å². The number of pyridine rings is 1. The Morgan fingerprint density at radius 3 is 2.62 bits per heavy atom. The second-order valence-electron chi connectivity index (χ2n) is 10.8. The van der Waals surface area contributed by atoms with Gasteiger partial charge in [-0.25, -0.2) is 23.9 Å². The first-order chi connectivity index (χ1) is 21.8. The third kappa shape index (κ3) is 6.34. The van der Waals surface area contributed by atoms with Crippen molar-refractivity contribution >= 4 is 39.6 Å². The van der Waals surface area contributed by atoms with Gasteiger partial charge in [0.2, 0.25) is 0 Å². The zero-order valence-corrected chi connectivity index (χ0v) is 25.4. The quantitative estimate of drug-likeness (QED) is 0.197. The molecule has 12 nitrogen and oxygen atoms in total. The molecule has 5 aromatic rings. The Bertz CT molecular complexity index is 1910. The number of fused-ring (bicyclic) bond motifs is 2. The average Bonchev–Trinajstić information content (AvgIpc) is 3.51. The number of hydrogen-bond donors (Lipinski definition) is 2. The van der Waals surface area contributed by atoms with E-state index in [0.29, 0.717) is 51.1 Å². The van der Waals surface area contributed by atoms with Gasteiger partial charge in [0.1, 0.15) is 41.5 Å². The van der Waals surface area contributed by atoms with Gasteiger partial charge in [-0.05, 0) is 63.2 Å². The van der Waals surface area contributed by atoms with Crippen molar-refractivity contribution in [3.63, 3.8) is 0 Å². The van der Waals surface area contributed by atoms with Crippen molar-refractivity contribution in [1.29, 1.82) is 0 Å². The van der Waals surface area contributed by atoms with Crippen molar-refractivity contribution in [2.75, 3.05) is 38.4 Å². The molecule has 232 valence electrons. The number of aryl methyl sites for hydroxylation is 1. The van der Waals surface area contributed by atoms with E-state index in [1.54, 1.807) is 48.2 Å². The van der Waals surface area contributed by atoms with Gasteiger partial charge >= 0.3 is 0 Å². The van der Waals surface area contributed by atoms with Crippen LogP contribution in [0.4, 0.5) is 21.6 Å². The molecule has 45 heavy (non-hydrogen) atoms. The van der Waals surface area contributed by atoms with E-state index in [1.165, 1.54) is 25.8 Å². The van der Waals surface area contributed by atoms with Crippen LogP contribution in [0.3, 0.4) is 0 Å². The van der Waals surface area contributed by atoms with E-state index in [0.717, 1.165) is 31.4 Å².